The Kier molecular flexibility index (Phi) is 9.99. The average Bonchev–Trinajstić information content (AvgIpc) is 3.45. The third-order valence-electron chi connectivity index (χ3n) is 7.05. The first-order valence-corrected chi connectivity index (χ1v) is 14.6. The van der Waals surface area contributed by atoms with Crippen molar-refractivity contribution in [3.63, 3.8) is 0 Å². The number of nitrogens with zero attached hydrogens (tertiary/aromatic N) is 5. The van der Waals surface area contributed by atoms with Gasteiger partial charge in [0.15, 0.2) is 0 Å². The molecule has 0 aliphatic heterocycles. The van der Waals surface area contributed by atoms with E-state index < -0.39 is 11.9 Å². The normalized spacial score (nSPS) is 11.9. The number of carbonyl (C=O) groups excluding carboxylic acids is 2. The third kappa shape index (κ3) is 7.30. The van der Waals surface area contributed by atoms with E-state index in [1.54, 1.807) is 36.5 Å². The summed E-state index contributed by atoms with van der Waals surface area (Å²) in [6.45, 7) is 3.47. The lowest BCUT2D eigenvalue weighted by Gasteiger charge is -2.09. The van der Waals surface area contributed by atoms with Crippen molar-refractivity contribution >= 4 is 34.3 Å². The fourth-order valence-corrected chi connectivity index (χ4v) is 4.86. The summed E-state index contributed by atoms with van der Waals surface area (Å²) in [5.41, 5.74) is 5.61. The Bertz CT molecular complexity index is 1780. The highest BCUT2D eigenvalue weighted by atomic mass is 16.7. The first kappa shape index (κ1) is 30.0. The molecular weight excluding hydrogens is 554 g/mol. The van der Waals surface area contributed by atoms with Gasteiger partial charge in [-0.25, -0.2) is 19.6 Å². The van der Waals surface area contributed by atoms with Crippen LogP contribution in [-0.2, 0) is 14.5 Å². The largest absolute Gasteiger partial charge is 0.365 e. The molecule has 0 radical (unpaired) electrons. The lowest BCUT2D eigenvalue weighted by Crippen LogP contribution is -2.08. The second kappa shape index (κ2) is 14.6. The molecule has 0 atom stereocenters. The van der Waals surface area contributed by atoms with E-state index in [0.717, 1.165) is 59.1 Å². The van der Waals surface area contributed by atoms with Crippen LogP contribution in [0.25, 0.3) is 16.6 Å². The quantitative estimate of drug-likeness (QED) is 0.0658. The fourth-order valence-electron chi connectivity index (χ4n) is 4.86. The molecule has 0 fully saturated rings. The highest BCUT2D eigenvalue weighted by Crippen LogP contribution is 2.28. The summed E-state index contributed by atoms with van der Waals surface area (Å²) in [6, 6.07) is 26.4. The summed E-state index contributed by atoms with van der Waals surface area (Å²) < 4.78 is 2.09. The number of fused-ring (bicyclic) bond motifs is 1. The molecule has 0 saturated carbocycles. The minimum Gasteiger partial charge on any atom is -0.318 e. The first-order valence-electron chi connectivity index (χ1n) is 14.6. The zero-order valence-corrected chi connectivity index (χ0v) is 24.7. The van der Waals surface area contributed by atoms with Gasteiger partial charge in [0.2, 0.25) is 0 Å². The fraction of sp³-hybridized carbons (Fsp3) is 0.200. The van der Waals surface area contributed by atoms with Crippen molar-refractivity contribution in [3.05, 3.63) is 126 Å². The summed E-state index contributed by atoms with van der Waals surface area (Å²) in [4.78, 5) is 42.9. The van der Waals surface area contributed by atoms with Crippen molar-refractivity contribution in [1.29, 1.82) is 0 Å². The molecule has 0 aliphatic rings. The summed E-state index contributed by atoms with van der Waals surface area (Å²) in [6.07, 6.45) is 9.96. The Morgan fingerprint density at radius 3 is 2.32 bits per heavy atom. The van der Waals surface area contributed by atoms with E-state index in [2.05, 4.69) is 37.8 Å². The van der Waals surface area contributed by atoms with Crippen molar-refractivity contribution in [1.82, 2.24) is 14.5 Å². The summed E-state index contributed by atoms with van der Waals surface area (Å²) >= 11 is 0. The number of para-hydroxylation sites is 1. The highest BCUT2D eigenvalue weighted by Gasteiger charge is 2.17. The molecule has 0 spiro atoms. The Hall–Kier alpha value is -5.44. The van der Waals surface area contributed by atoms with E-state index in [0.29, 0.717) is 23.4 Å². The van der Waals surface area contributed by atoms with E-state index in [4.69, 9.17) is 9.68 Å². The van der Waals surface area contributed by atoms with Crippen LogP contribution in [0.2, 0.25) is 0 Å². The van der Waals surface area contributed by atoms with E-state index in [1.807, 2.05) is 54.7 Å². The van der Waals surface area contributed by atoms with E-state index in [-0.39, 0.29) is 0 Å². The molecule has 0 bridgehead atoms. The molecule has 3 aromatic carbocycles. The highest BCUT2D eigenvalue weighted by molar-refractivity contribution is 6.12. The minimum absolute atomic E-state index is 0.411. The molecule has 5 aromatic rings. The van der Waals surface area contributed by atoms with E-state index >= 15 is 0 Å². The molecule has 0 aliphatic carbocycles. The van der Waals surface area contributed by atoms with Crippen molar-refractivity contribution in [3.8, 4) is 5.69 Å². The van der Waals surface area contributed by atoms with Crippen LogP contribution in [-0.4, -0.2) is 37.9 Å². The molecule has 222 valence electrons. The third-order valence-corrected chi connectivity index (χ3v) is 7.05. The minimum atomic E-state index is -0.527. The van der Waals surface area contributed by atoms with Gasteiger partial charge in [-0.1, -0.05) is 85.0 Å². The molecule has 2 aromatic heterocycles. The van der Waals surface area contributed by atoms with E-state index in [1.165, 1.54) is 13.3 Å². The van der Waals surface area contributed by atoms with Gasteiger partial charge in [-0.15, -0.1) is 0 Å². The van der Waals surface area contributed by atoms with Gasteiger partial charge in [0, 0.05) is 41.5 Å². The van der Waals surface area contributed by atoms with Crippen molar-refractivity contribution < 1.29 is 19.3 Å². The molecule has 0 N–H and O–H groups in total. The van der Waals surface area contributed by atoms with E-state index in [9.17, 15) is 9.59 Å². The number of hydrogen-bond donors (Lipinski definition) is 0. The van der Waals surface area contributed by atoms with Crippen LogP contribution < -0.4 is 0 Å². The van der Waals surface area contributed by atoms with Crippen LogP contribution in [0.15, 0.2) is 114 Å². The molecule has 44 heavy (non-hydrogen) atoms. The van der Waals surface area contributed by atoms with Crippen LogP contribution in [0.1, 0.15) is 73.1 Å². The average molecular weight is 588 g/mol. The standard InChI is InChI=1S/C35H33N5O4/c1-3-4-5-9-15-31(38-44-35(42)27-12-7-6-8-13-27)30-23-40(33-16-11-10-14-29(30)33)28-19-17-26(18-20-28)34(39-43-25(2)41)32-21-22-36-24-37-32/h6-8,10-14,16-24H,3-5,9,15H2,1-2H3/b38-31+,39-34-. The molecule has 2 heterocycles. The maximum atomic E-state index is 12.7. The Balaban J connectivity index is 1.51. The number of unbranched alkanes of at least 4 members (excludes halogenated alkanes) is 3. The van der Waals surface area contributed by atoms with Crippen molar-refractivity contribution in [2.45, 2.75) is 46.0 Å². The maximum Gasteiger partial charge on any atom is 0.365 e. The van der Waals surface area contributed by atoms with Crippen LogP contribution in [0, 0.1) is 0 Å². The molecule has 0 unspecified atom stereocenters. The number of benzene rings is 3. The van der Waals surface area contributed by atoms with Gasteiger partial charge in [-0.05, 0) is 49.2 Å². The number of carbonyl (C=O) groups is 2. The van der Waals surface area contributed by atoms with Gasteiger partial charge in [0.05, 0.1) is 22.5 Å². The van der Waals surface area contributed by atoms with Gasteiger partial charge in [0.25, 0.3) is 0 Å². The summed E-state index contributed by atoms with van der Waals surface area (Å²) in [5.74, 6) is -1.02. The van der Waals surface area contributed by atoms with Crippen LogP contribution >= 0.6 is 0 Å². The maximum absolute atomic E-state index is 12.7. The number of hydrogen-bond acceptors (Lipinski definition) is 8. The second-order valence-electron chi connectivity index (χ2n) is 10.2. The van der Waals surface area contributed by atoms with Gasteiger partial charge in [0.1, 0.15) is 12.0 Å². The van der Waals surface area contributed by atoms with Crippen molar-refractivity contribution in [2.75, 3.05) is 0 Å². The smallest absolute Gasteiger partial charge is 0.318 e. The van der Waals surface area contributed by atoms with Crippen molar-refractivity contribution in [2.24, 2.45) is 10.3 Å². The number of oxime groups is 2. The SMILES string of the molecule is CCCCCC/C(=N\OC(=O)c1ccccc1)c1cn(-c2ccc(/C(=N/OC(C)=O)c3ccncn3)cc2)c2ccccc12. The molecule has 0 saturated heterocycles. The van der Waals surface area contributed by atoms with Gasteiger partial charge in [-0.2, -0.15) is 0 Å². The Morgan fingerprint density at radius 1 is 0.818 bits per heavy atom. The topological polar surface area (TPSA) is 108 Å². The molecular formula is C35H33N5O4. The van der Waals surface area contributed by atoms with Crippen LogP contribution in [0.4, 0.5) is 0 Å². The lowest BCUT2D eigenvalue weighted by molar-refractivity contribution is -0.140. The summed E-state index contributed by atoms with van der Waals surface area (Å²) in [5, 5.41) is 9.47. The van der Waals surface area contributed by atoms with Crippen LogP contribution in [0.3, 0.4) is 0 Å². The zero-order chi connectivity index (χ0) is 30.7. The monoisotopic (exact) mass is 587 g/mol. The molecule has 9 heteroatoms. The van der Waals surface area contributed by atoms with Gasteiger partial charge < -0.3 is 14.2 Å². The predicted molar refractivity (Wildman–Crippen MR) is 170 cm³/mol. The predicted octanol–water partition coefficient (Wildman–Crippen LogP) is 7.27. The molecule has 5 rings (SSSR count). The van der Waals surface area contributed by atoms with Gasteiger partial charge >= 0.3 is 11.9 Å². The number of rotatable bonds is 12. The lowest BCUT2D eigenvalue weighted by atomic mass is 10.0. The Labute approximate surface area is 255 Å². The van der Waals surface area contributed by atoms with Crippen LogP contribution in [0.5, 0.6) is 0 Å². The molecule has 9 nitrogen and oxygen atoms in total. The first-order chi connectivity index (χ1) is 21.5. The summed E-state index contributed by atoms with van der Waals surface area (Å²) in [7, 11) is 0. The Morgan fingerprint density at radius 2 is 1.59 bits per heavy atom. The number of aromatic nitrogens is 3. The second-order valence-corrected chi connectivity index (χ2v) is 10.2. The zero-order valence-electron chi connectivity index (χ0n) is 24.7. The van der Waals surface area contributed by atoms with Gasteiger partial charge in [-0.3, -0.25) is 0 Å². The molecule has 0 amide bonds.